The number of esters is 1. The molecule has 0 saturated carbocycles. The standard InChI is InChI=1S/C20H20O3/c1-14(2)13-22-18-9-5-16(6-10-18)17-7-11-19(12-8-17)23-20(21)15(3)4/h5-13H,3H2,1-2,4H3. The molecule has 0 bridgehead atoms. The molecule has 0 heterocycles. The third kappa shape index (κ3) is 4.85. The number of hydrogen-bond acceptors (Lipinski definition) is 3. The molecule has 0 aliphatic carbocycles. The van der Waals surface area contributed by atoms with Crippen LogP contribution in [-0.2, 0) is 4.79 Å². The zero-order chi connectivity index (χ0) is 16.8. The first kappa shape index (κ1) is 16.6. The Labute approximate surface area is 136 Å². The Kier molecular flexibility index (Phi) is 5.36. The highest BCUT2D eigenvalue weighted by Gasteiger charge is 2.05. The molecule has 0 aromatic heterocycles. The maximum atomic E-state index is 11.5. The topological polar surface area (TPSA) is 35.5 Å². The van der Waals surface area contributed by atoms with Crippen LogP contribution in [0.25, 0.3) is 11.1 Å². The van der Waals surface area contributed by atoms with Crippen LogP contribution < -0.4 is 9.47 Å². The van der Waals surface area contributed by atoms with Crippen LogP contribution in [0.4, 0.5) is 0 Å². The monoisotopic (exact) mass is 308 g/mol. The second kappa shape index (κ2) is 7.45. The van der Waals surface area contributed by atoms with Crippen LogP contribution in [0, 0.1) is 0 Å². The lowest BCUT2D eigenvalue weighted by molar-refractivity contribution is -0.130. The lowest BCUT2D eigenvalue weighted by Crippen LogP contribution is -2.07. The Hall–Kier alpha value is -2.81. The van der Waals surface area contributed by atoms with Crippen LogP contribution in [0.5, 0.6) is 11.5 Å². The van der Waals surface area contributed by atoms with Gasteiger partial charge in [0, 0.05) is 5.57 Å². The molecule has 0 radical (unpaired) electrons. The normalized spacial score (nSPS) is 9.87. The van der Waals surface area contributed by atoms with E-state index in [1.807, 2.05) is 50.2 Å². The predicted octanol–water partition coefficient (Wildman–Crippen LogP) is 5.14. The molecule has 0 spiro atoms. The van der Waals surface area contributed by atoms with Crippen LogP contribution in [0.1, 0.15) is 20.8 Å². The third-order valence-electron chi connectivity index (χ3n) is 3.03. The van der Waals surface area contributed by atoms with Gasteiger partial charge in [-0.1, -0.05) is 30.8 Å². The van der Waals surface area contributed by atoms with Crippen LogP contribution in [0.15, 0.2) is 72.5 Å². The Morgan fingerprint density at radius 3 is 1.78 bits per heavy atom. The summed E-state index contributed by atoms with van der Waals surface area (Å²) < 4.78 is 10.7. The van der Waals surface area contributed by atoms with E-state index in [-0.39, 0.29) is 0 Å². The van der Waals surface area contributed by atoms with Crippen molar-refractivity contribution in [3.8, 4) is 22.6 Å². The molecule has 0 saturated heterocycles. The molecule has 3 heteroatoms. The highest BCUT2D eigenvalue weighted by molar-refractivity contribution is 5.88. The molecular weight excluding hydrogens is 288 g/mol. The number of carbonyl (C=O) groups excluding carboxylic acids is 1. The van der Waals surface area contributed by atoms with E-state index in [1.165, 1.54) is 0 Å². The molecule has 2 rings (SSSR count). The van der Waals surface area contributed by atoms with Gasteiger partial charge < -0.3 is 9.47 Å². The SMILES string of the molecule is C=C(C)C(=O)Oc1ccc(-c2ccc(OC=C(C)C)cc2)cc1. The van der Waals surface area contributed by atoms with Crippen molar-refractivity contribution in [2.45, 2.75) is 20.8 Å². The summed E-state index contributed by atoms with van der Waals surface area (Å²) in [6.45, 7) is 9.15. The van der Waals surface area contributed by atoms with Gasteiger partial charge in [-0.05, 0) is 61.7 Å². The first-order valence-electron chi connectivity index (χ1n) is 7.34. The van der Waals surface area contributed by atoms with Crippen LogP contribution in [0.3, 0.4) is 0 Å². The van der Waals surface area contributed by atoms with Gasteiger partial charge in [0.05, 0.1) is 6.26 Å². The Morgan fingerprint density at radius 2 is 1.35 bits per heavy atom. The highest BCUT2D eigenvalue weighted by atomic mass is 16.5. The first-order valence-corrected chi connectivity index (χ1v) is 7.34. The lowest BCUT2D eigenvalue weighted by Gasteiger charge is -2.07. The highest BCUT2D eigenvalue weighted by Crippen LogP contribution is 2.25. The van der Waals surface area contributed by atoms with Crippen molar-refractivity contribution >= 4 is 5.97 Å². The summed E-state index contributed by atoms with van der Waals surface area (Å²) in [5.41, 5.74) is 3.58. The van der Waals surface area contributed by atoms with Crippen molar-refractivity contribution in [3.63, 3.8) is 0 Å². The number of carbonyl (C=O) groups is 1. The van der Waals surface area contributed by atoms with E-state index in [9.17, 15) is 4.79 Å². The zero-order valence-electron chi connectivity index (χ0n) is 13.6. The quantitative estimate of drug-likeness (QED) is 0.332. The Morgan fingerprint density at radius 1 is 0.870 bits per heavy atom. The average molecular weight is 308 g/mol. The molecule has 0 N–H and O–H groups in total. The van der Waals surface area contributed by atoms with E-state index in [1.54, 1.807) is 25.3 Å². The van der Waals surface area contributed by atoms with Gasteiger partial charge in [0.1, 0.15) is 11.5 Å². The van der Waals surface area contributed by atoms with Crippen molar-refractivity contribution in [1.82, 2.24) is 0 Å². The molecule has 118 valence electrons. The summed E-state index contributed by atoms with van der Waals surface area (Å²) in [5.74, 6) is 0.880. The van der Waals surface area contributed by atoms with Crippen LogP contribution in [-0.4, -0.2) is 5.97 Å². The fourth-order valence-electron chi connectivity index (χ4n) is 1.82. The van der Waals surface area contributed by atoms with E-state index < -0.39 is 5.97 Å². The van der Waals surface area contributed by atoms with Gasteiger partial charge >= 0.3 is 5.97 Å². The Balaban J connectivity index is 2.08. The number of allylic oxidation sites excluding steroid dienone is 1. The van der Waals surface area contributed by atoms with E-state index in [0.29, 0.717) is 11.3 Å². The van der Waals surface area contributed by atoms with E-state index in [0.717, 1.165) is 22.4 Å². The molecule has 0 aliphatic heterocycles. The summed E-state index contributed by atoms with van der Waals surface area (Å²) in [5, 5.41) is 0. The molecule has 3 nitrogen and oxygen atoms in total. The van der Waals surface area contributed by atoms with Crippen LogP contribution in [0.2, 0.25) is 0 Å². The zero-order valence-corrected chi connectivity index (χ0v) is 13.6. The lowest BCUT2D eigenvalue weighted by atomic mass is 10.1. The maximum Gasteiger partial charge on any atom is 0.338 e. The second-order valence-electron chi connectivity index (χ2n) is 5.53. The average Bonchev–Trinajstić information content (AvgIpc) is 2.54. The van der Waals surface area contributed by atoms with Gasteiger partial charge in [-0.25, -0.2) is 4.79 Å². The minimum absolute atomic E-state index is 0.376. The predicted molar refractivity (Wildman–Crippen MR) is 92.4 cm³/mol. The first-order chi connectivity index (χ1) is 11.0. The summed E-state index contributed by atoms with van der Waals surface area (Å²) in [6, 6.07) is 15.2. The fraction of sp³-hybridized carbons (Fsp3) is 0.150. The van der Waals surface area contributed by atoms with Crippen molar-refractivity contribution < 1.29 is 14.3 Å². The number of rotatable bonds is 5. The van der Waals surface area contributed by atoms with E-state index >= 15 is 0 Å². The summed E-state index contributed by atoms with van der Waals surface area (Å²) in [4.78, 5) is 11.5. The third-order valence-corrected chi connectivity index (χ3v) is 3.03. The van der Waals surface area contributed by atoms with Crippen molar-refractivity contribution in [2.24, 2.45) is 0 Å². The van der Waals surface area contributed by atoms with Gasteiger partial charge in [0.25, 0.3) is 0 Å². The molecule has 23 heavy (non-hydrogen) atoms. The molecule has 0 unspecified atom stereocenters. The molecular formula is C20H20O3. The van der Waals surface area contributed by atoms with E-state index in [4.69, 9.17) is 9.47 Å². The Bertz CT molecular complexity index is 718. The van der Waals surface area contributed by atoms with E-state index in [2.05, 4.69) is 6.58 Å². The maximum absolute atomic E-state index is 11.5. The number of benzene rings is 2. The summed E-state index contributed by atoms with van der Waals surface area (Å²) >= 11 is 0. The molecule has 0 atom stereocenters. The molecule has 0 amide bonds. The van der Waals surface area contributed by atoms with Crippen molar-refractivity contribution in [2.75, 3.05) is 0 Å². The van der Waals surface area contributed by atoms with Gasteiger partial charge in [-0.3, -0.25) is 0 Å². The van der Waals surface area contributed by atoms with Gasteiger partial charge in [0.15, 0.2) is 0 Å². The van der Waals surface area contributed by atoms with Gasteiger partial charge in [-0.15, -0.1) is 0 Å². The second-order valence-corrected chi connectivity index (χ2v) is 5.53. The smallest absolute Gasteiger partial charge is 0.338 e. The number of ether oxygens (including phenoxy) is 2. The minimum atomic E-state index is -0.418. The molecule has 0 fully saturated rings. The largest absolute Gasteiger partial charge is 0.465 e. The summed E-state index contributed by atoms with van der Waals surface area (Å²) in [7, 11) is 0. The minimum Gasteiger partial charge on any atom is -0.465 e. The van der Waals surface area contributed by atoms with Crippen molar-refractivity contribution in [3.05, 3.63) is 72.5 Å². The molecule has 0 aliphatic rings. The fourth-order valence-corrected chi connectivity index (χ4v) is 1.82. The van der Waals surface area contributed by atoms with Gasteiger partial charge in [0.2, 0.25) is 0 Å². The molecule has 2 aromatic rings. The van der Waals surface area contributed by atoms with Gasteiger partial charge in [-0.2, -0.15) is 0 Å². The van der Waals surface area contributed by atoms with Crippen molar-refractivity contribution in [1.29, 1.82) is 0 Å². The summed E-state index contributed by atoms with van der Waals surface area (Å²) in [6.07, 6.45) is 1.72. The molecule has 2 aromatic carbocycles. The van der Waals surface area contributed by atoms with Crippen LogP contribution >= 0.6 is 0 Å². The number of hydrogen-bond donors (Lipinski definition) is 0.